The molecule has 0 fully saturated rings. The highest BCUT2D eigenvalue weighted by Crippen LogP contribution is 2.57. The van der Waals surface area contributed by atoms with Crippen LogP contribution in [0, 0.1) is 5.82 Å². The number of alkyl halides is 2. The Balaban J connectivity index is 1.99. The number of fused-ring (bicyclic) bond motifs is 1. The van der Waals surface area contributed by atoms with Crippen molar-refractivity contribution in [1.29, 1.82) is 0 Å². The molecule has 1 aliphatic rings. The molecule has 0 bridgehead atoms. The van der Waals surface area contributed by atoms with E-state index in [9.17, 15) is 18.3 Å². The summed E-state index contributed by atoms with van der Waals surface area (Å²) in [4.78, 5) is 0.258. The van der Waals surface area contributed by atoms with Crippen LogP contribution < -0.4 is 4.74 Å². The zero-order valence-electron chi connectivity index (χ0n) is 10.6. The average Bonchev–Trinajstić information content (AvgIpc) is 2.63. The Kier molecular flexibility index (Phi) is 4.09. The van der Waals surface area contributed by atoms with E-state index in [-0.39, 0.29) is 43.2 Å². The molecule has 22 heavy (non-hydrogen) atoms. The molecular formula is C14H7BrClF3O2S. The summed E-state index contributed by atoms with van der Waals surface area (Å²) in [6, 6.07) is 6.51. The van der Waals surface area contributed by atoms with Gasteiger partial charge < -0.3 is 9.84 Å². The smallest absolute Gasteiger partial charge is 0.327 e. The minimum atomic E-state index is -3.30. The van der Waals surface area contributed by atoms with E-state index in [1.165, 1.54) is 18.2 Å². The highest BCUT2D eigenvalue weighted by Gasteiger charge is 2.49. The predicted molar refractivity (Wildman–Crippen MR) is 81.4 cm³/mol. The molecule has 1 heterocycles. The third-order valence-corrected chi connectivity index (χ3v) is 5.11. The van der Waals surface area contributed by atoms with Crippen LogP contribution in [0.5, 0.6) is 11.5 Å². The second-order valence-electron chi connectivity index (χ2n) is 4.56. The van der Waals surface area contributed by atoms with Gasteiger partial charge in [0.05, 0.1) is 4.47 Å². The fourth-order valence-corrected chi connectivity index (χ4v) is 4.03. The van der Waals surface area contributed by atoms with Crippen LogP contribution in [0.4, 0.5) is 13.2 Å². The molecule has 3 rings (SSSR count). The molecule has 1 atom stereocenters. The fraction of sp³-hybridized carbons (Fsp3) is 0.143. The van der Waals surface area contributed by atoms with Crippen molar-refractivity contribution >= 4 is 39.3 Å². The first-order valence-corrected chi connectivity index (χ1v) is 7.98. The van der Waals surface area contributed by atoms with Crippen molar-refractivity contribution in [3.05, 3.63) is 51.2 Å². The number of hydrogen-bond acceptors (Lipinski definition) is 3. The van der Waals surface area contributed by atoms with Crippen LogP contribution in [-0.2, 0) is 0 Å². The molecule has 2 aromatic carbocycles. The van der Waals surface area contributed by atoms with Gasteiger partial charge in [0.2, 0.25) is 0 Å². The van der Waals surface area contributed by atoms with Crippen molar-refractivity contribution in [2.75, 3.05) is 0 Å². The lowest BCUT2D eigenvalue weighted by molar-refractivity contribution is -0.0314. The Morgan fingerprint density at radius 1 is 1.27 bits per heavy atom. The van der Waals surface area contributed by atoms with E-state index in [0.717, 1.165) is 12.1 Å². The van der Waals surface area contributed by atoms with Crippen LogP contribution in [0.2, 0.25) is 5.02 Å². The molecule has 2 aromatic rings. The molecular weight excluding hydrogens is 405 g/mol. The molecule has 0 radical (unpaired) electrons. The van der Waals surface area contributed by atoms with Crippen molar-refractivity contribution in [2.45, 2.75) is 16.3 Å². The van der Waals surface area contributed by atoms with Crippen molar-refractivity contribution in [1.82, 2.24) is 0 Å². The summed E-state index contributed by atoms with van der Waals surface area (Å²) in [6.45, 7) is 0. The minimum absolute atomic E-state index is 0.0509. The van der Waals surface area contributed by atoms with Gasteiger partial charge >= 0.3 is 5.25 Å². The summed E-state index contributed by atoms with van der Waals surface area (Å²) in [5.41, 5.74) is 0.0509. The van der Waals surface area contributed by atoms with Crippen molar-refractivity contribution in [3.8, 4) is 11.5 Å². The van der Waals surface area contributed by atoms with Crippen LogP contribution in [0.1, 0.15) is 11.7 Å². The summed E-state index contributed by atoms with van der Waals surface area (Å²) in [5.74, 6) is -0.280. The van der Waals surface area contributed by atoms with Crippen LogP contribution in [0.3, 0.4) is 0 Å². The zero-order chi connectivity index (χ0) is 16.1. The molecule has 0 saturated carbocycles. The molecule has 116 valence electrons. The maximum Gasteiger partial charge on any atom is 0.327 e. The fourth-order valence-electron chi connectivity index (χ4n) is 2.06. The van der Waals surface area contributed by atoms with Gasteiger partial charge in [-0.25, -0.2) is 4.39 Å². The quantitative estimate of drug-likeness (QED) is 0.681. The summed E-state index contributed by atoms with van der Waals surface area (Å²) < 4.78 is 46.1. The molecule has 0 spiro atoms. The van der Waals surface area contributed by atoms with Crippen molar-refractivity contribution in [2.24, 2.45) is 0 Å². The Morgan fingerprint density at radius 3 is 2.68 bits per heavy atom. The van der Waals surface area contributed by atoms with Gasteiger partial charge in [0.25, 0.3) is 0 Å². The molecule has 1 unspecified atom stereocenters. The van der Waals surface area contributed by atoms with Gasteiger partial charge in [0, 0.05) is 21.5 Å². The number of ether oxygens (including phenoxy) is 1. The second-order valence-corrected chi connectivity index (χ2v) is 6.98. The second kappa shape index (κ2) is 5.63. The number of benzene rings is 2. The maximum absolute atomic E-state index is 13.6. The maximum atomic E-state index is 13.6. The SMILES string of the molecule is OC1c2c(ccc(Oc3cc(F)cc(Cl)c3)c2Br)SC1(F)F. The number of aliphatic hydroxyl groups is 1. The van der Waals surface area contributed by atoms with E-state index >= 15 is 0 Å². The van der Waals surface area contributed by atoms with Crippen LogP contribution in [-0.4, -0.2) is 10.4 Å². The van der Waals surface area contributed by atoms with Crippen LogP contribution >= 0.6 is 39.3 Å². The minimum Gasteiger partial charge on any atom is -0.456 e. The van der Waals surface area contributed by atoms with E-state index < -0.39 is 17.2 Å². The third-order valence-electron chi connectivity index (χ3n) is 3.01. The number of halogens is 5. The average molecular weight is 412 g/mol. The van der Waals surface area contributed by atoms with Crippen molar-refractivity contribution in [3.63, 3.8) is 0 Å². The van der Waals surface area contributed by atoms with Gasteiger partial charge in [0.1, 0.15) is 17.3 Å². The Labute approximate surface area is 141 Å². The first-order valence-electron chi connectivity index (χ1n) is 5.99. The molecule has 0 saturated heterocycles. The van der Waals surface area contributed by atoms with E-state index in [1.807, 2.05) is 0 Å². The van der Waals surface area contributed by atoms with Crippen LogP contribution in [0.15, 0.2) is 39.7 Å². The molecule has 0 aliphatic carbocycles. The van der Waals surface area contributed by atoms with E-state index in [0.29, 0.717) is 0 Å². The summed E-state index contributed by atoms with van der Waals surface area (Å²) in [5, 5.41) is 6.58. The zero-order valence-corrected chi connectivity index (χ0v) is 13.8. The predicted octanol–water partition coefficient (Wildman–Crippen LogP) is 5.77. The Morgan fingerprint density at radius 2 is 2.00 bits per heavy atom. The third kappa shape index (κ3) is 2.82. The van der Waals surface area contributed by atoms with E-state index in [2.05, 4.69) is 15.9 Å². The van der Waals surface area contributed by atoms with Gasteiger partial charge in [-0.15, -0.1) is 0 Å². The number of thioether (sulfide) groups is 1. The van der Waals surface area contributed by atoms with Crippen molar-refractivity contribution < 1.29 is 23.0 Å². The topological polar surface area (TPSA) is 29.5 Å². The summed E-state index contributed by atoms with van der Waals surface area (Å²) >= 11 is 9.18. The van der Waals surface area contributed by atoms with E-state index in [1.54, 1.807) is 0 Å². The molecule has 1 aliphatic heterocycles. The molecule has 2 nitrogen and oxygen atoms in total. The molecule has 0 amide bonds. The highest BCUT2D eigenvalue weighted by molar-refractivity contribution is 9.10. The van der Waals surface area contributed by atoms with Gasteiger partial charge in [-0.2, -0.15) is 8.78 Å². The lowest BCUT2D eigenvalue weighted by Crippen LogP contribution is -2.16. The van der Waals surface area contributed by atoms with Gasteiger partial charge in [0.15, 0.2) is 6.10 Å². The monoisotopic (exact) mass is 410 g/mol. The Bertz CT molecular complexity index is 737. The largest absolute Gasteiger partial charge is 0.456 e. The number of rotatable bonds is 2. The Hall–Kier alpha value is -0.890. The normalized spacial score (nSPS) is 19.1. The number of hydrogen-bond donors (Lipinski definition) is 1. The van der Waals surface area contributed by atoms with Gasteiger partial charge in [-0.3, -0.25) is 0 Å². The molecule has 8 heteroatoms. The van der Waals surface area contributed by atoms with Gasteiger partial charge in [-0.05, 0) is 52.0 Å². The van der Waals surface area contributed by atoms with E-state index in [4.69, 9.17) is 16.3 Å². The van der Waals surface area contributed by atoms with Crippen LogP contribution in [0.25, 0.3) is 0 Å². The molecule has 1 N–H and O–H groups in total. The molecule has 0 aromatic heterocycles. The van der Waals surface area contributed by atoms with Gasteiger partial charge in [-0.1, -0.05) is 11.6 Å². The highest BCUT2D eigenvalue weighted by atomic mass is 79.9. The number of aliphatic hydroxyl groups excluding tert-OH is 1. The first-order chi connectivity index (χ1) is 10.3. The lowest BCUT2D eigenvalue weighted by Gasteiger charge is -2.14. The first kappa shape index (κ1) is 16.0. The lowest BCUT2D eigenvalue weighted by atomic mass is 10.1. The summed E-state index contributed by atoms with van der Waals surface area (Å²) in [7, 11) is 0. The standard InChI is InChI=1S/C14H7BrClF3O2S/c15-12-9(21-8-4-6(16)3-7(17)5-8)1-2-10-11(12)13(20)14(18,19)22-10/h1-5,13,20H. The summed E-state index contributed by atoms with van der Waals surface area (Å²) in [6.07, 6.45) is -1.94.